The van der Waals surface area contributed by atoms with Crippen molar-refractivity contribution >= 4 is 22.6 Å². The molecule has 2 aromatic rings. The van der Waals surface area contributed by atoms with Crippen molar-refractivity contribution in [2.75, 3.05) is 31.1 Å². The molecule has 0 amide bonds. The number of esters is 1. The minimum absolute atomic E-state index is 0.0230. The average Bonchev–Trinajstić information content (AvgIpc) is 3.86. The number of benzene rings is 1. The molecule has 1 N–H and O–H groups in total. The molecule has 2 aliphatic carbocycles. The second kappa shape index (κ2) is 9.97. The van der Waals surface area contributed by atoms with Gasteiger partial charge in [-0.15, -0.1) is 0 Å². The van der Waals surface area contributed by atoms with Crippen LogP contribution < -0.4 is 15.6 Å². The van der Waals surface area contributed by atoms with Crippen molar-refractivity contribution in [2.24, 2.45) is 23.7 Å². The van der Waals surface area contributed by atoms with Crippen molar-refractivity contribution in [1.29, 1.82) is 0 Å². The first-order valence-electron chi connectivity index (χ1n) is 15.9. The number of nitrogens with one attached hydrogen (secondary N) is 1. The number of carbonyl (C=O) groups is 1. The maximum atomic E-state index is 15.4. The molecular formula is C32H40FN3O7. The summed E-state index contributed by atoms with van der Waals surface area (Å²) in [6.07, 6.45) is 5.21. The lowest BCUT2D eigenvalue weighted by Crippen LogP contribution is -2.70. The van der Waals surface area contributed by atoms with Gasteiger partial charge in [0.05, 0.1) is 11.2 Å². The molecule has 5 saturated heterocycles. The van der Waals surface area contributed by atoms with Crippen LogP contribution in [0, 0.1) is 29.5 Å². The van der Waals surface area contributed by atoms with Gasteiger partial charge >= 0.3 is 5.97 Å². The number of pyridine rings is 1. The molecule has 2 bridgehead atoms. The molecule has 1 aromatic heterocycles. The number of hydrogen-bond acceptors (Lipinski definition) is 9. The minimum Gasteiger partial charge on any atom is -0.432 e. The third-order valence-corrected chi connectivity index (χ3v) is 11.0. The molecule has 8 atom stereocenters. The minimum atomic E-state index is -0.948. The standard InChI is InChI=1S/C32H40FN3O7/c1-17-4-7-23-18(2)29(40-30-32(23)22(17)8-9-31(3,41-30)42-43-32)39-28(38)21-16-36(19-5-6-19)25-15-26(35-12-10-34-11-13-35)24(33)14-20(25)27(21)37/h14-19,22-23,29-30,34H,4-13H2,1-3H3/t17-,18-,22+,23+,29+,30-,31-,32-/m1/s1. The van der Waals surface area contributed by atoms with Crippen molar-refractivity contribution in [3.8, 4) is 0 Å². The molecule has 6 heterocycles. The van der Waals surface area contributed by atoms with Gasteiger partial charge in [-0.1, -0.05) is 13.8 Å². The van der Waals surface area contributed by atoms with Crippen LogP contribution in [0.3, 0.4) is 0 Å². The van der Waals surface area contributed by atoms with E-state index < -0.39 is 41.2 Å². The highest BCUT2D eigenvalue weighted by Crippen LogP contribution is 2.60. The second-order valence-corrected chi connectivity index (χ2v) is 13.7. The molecule has 5 aliphatic heterocycles. The van der Waals surface area contributed by atoms with Crippen LogP contribution in [0.1, 0.15) is 75.7 Å². The number of halogens is 1. The van der Waals surface area contributed by atoms with Gasteiger partial charge in [0.25, 0.3) is 0 Å². The molecule has 1 spiro atoms. The van der Waals surface area contributed by atoms with E-state index in [4.69, 9.17) is 24.0 Å². The first-order valence-corrected chi connectivity index (χ1v) is 15.9. The van der Waals surface area contributed by atoms with Crippen LogP contribution in [-0.4, -0.2) is 60.7 Å². The van der Waals surface area contributed by atoms with Gasteiger partial charge in [-0.05, 0) is 63.0 Å². The Bertz CT molecular complexity index is 1520. The number of anilines is 1. The zero-order chi connectivity index (χ0) is 29.7. The quantitative estimate of drug-likeness (QED) is 0.410. The van der Waals surface area contributed by atoms with Crippen molar-refractivity contribution in [1.82, 2.24) is 9.88 Å². The van der Waals surface area contributed by atoms with E-state index in [0.29, 0.717) is 36.6 Å². The summed E-state index contributed by atoms with van der Waals surface area (Å²) in [4.78, 5) is 41.6. The summed E-state index contributed by atoms with van der Waals surface area (Å²) in [5, 5.41) is 3.47. The van der Waals surface area contributed by atoms with E-state index in [9.17, 15) is 9.59 Å². The highest BCUT2D eigenvalue weighted by atomic mass is 19.1. The molecule has 7 aliphatic rings. The first-order chi connectivity index (χ1) is 20.7. The predicted octanol–water partition coefficient (Wildman–Crippen LogP) is 4.25. The van der Waals surface area contributed by atoms with E-state index >= 15 is 4.39 Å². The zero-order valence-corrected chi connectivity index (χ0v) is 25.0. The number of ether oxygens (including phenoxy) is 3. The van der Waals surface area contributed by atoms with Crippen LogP contribution in [-0.2, 0) is 24.0 Å². The van der Waals surface area contributed by atoms with E-state index in [1.54, 1.807) is 12.3 Å². The van der Waals surface area contributed by atoms with Gasteiger partial charge in [0, 0.05) is 62.1 Å². The Kier molecular flexibility index (Phi) is 6.48. The molecule has 0 unspecified atom stereocenters. The Balaban J connectivity index is 1.13. The molecular weight excluding hydrogens is 557 g/mol. The molecule has 9 rings (SSSR count). The Morgan fingerprint density at radius 3 is 2.63 bits per heavy atom. The summed E-state index contributed by atoms with van der Waals surface area (Å²) in [7, 11) is 0. The summed E-state index contributed by atoms with van der Waals surface area (Å²) in [5.74, 6) is -1.84. The maximum Gasteiger partial charge on any atom is 0.345 e. The number of fused-ring (bicyclic) bond motifs is 3. The third kappa shape index (κ3) is 4.29. The summed E-state index contributed by atoms with van der Waals surface area (Å²) < 4.78 is 36.2. The number of hydrogen-bond donors (Lipinski definition) is 1. The number of rotatable bonds is 4. The van der Waals surface area contributed by atoms with Gasteiger partial charge in [0.15, 0.2) is 11.9 Å². The van der Waals surface area contributed by atoms with E-state index in [1.807, 2.05) is 23.3 Å². The normalized spacial score (nSPS) is 38.9. The fraction of sp³-hybridized carbons (Fsp3) is 0.688. The summed E-state index contributed by atoms with van der Waals surface area (Å²) >= 11 is 0. The smallest absolute Gasteiger partial charge is 0.345 e. The molecule has 11 heteroatoms. The van der Waals surface area contributed by atoms with Crippen molar-refractivity contribution in [3.63, 3.8) is 0 Å². The van der Waals surface area contributed by atoms with Crippen LogP contribution >= 0.6 is 0 Å². The molecule has 7 fully saturated rings. The van der Waals surface area contributed by atoms with Gasteiger partial charge < -0.3 is 29.0 Å². The lowest BCUT2D eigenvalue weighted by atomic mass is 9.58. The number of carbonyl (C=O) groups excluding carboxylic acids is 1. The molecule has 232 valence electrons. The average molecular weight is 598 g/mol. The van der Waals surface area contributed by atoms with Gasteiger partial charge in [0.1, 0.15) is 11.4 Å². The van der Waals surface area contributed by atoms with E-state index in [2.05, 4.69) is 12.2 Å². The molecule has 0 radical (unpaired) electrons. The van der Waals surface area contributed by atoms with Gasteiger partial charge in [-0.3, -0.25) is 4.79 Å². The van der Waals surface area contributed by atoms with Crippen LogP contribution in [0.2, 0.25) is 0 Å². The topological polar surface area (TPSA) is 100 Å². The Morgan fingerprint density at radius 2 is 1.86 bits per heavy atom. The SMILES string of the molecule is C[C@H]1[C@@H](OC(=O)c2cn(C3CC3)c3cc(N4CCNCC4)c(F)cc3c2=O)O[C@@H]2O[C@@]3(C)CC[C@H]4[C@H](C)CC[C@@H]1[C@@]24OO3. The Labute approximate surface area is 249 Å². The van der Waals surface area contributed by atoms with Crippen LogP contribution in [0.25, 0.3) is 10.9 Å². The summed E-state index contributed by atoms with van der Waals surface area (Å²) in [6.45, 7) is 9.00. The first kappa shape index (κ1) is 27.9. The number of piperazine rings is 1. The van der Waals surface area contributed by atoms with Crippen LogP contribution in [0.5, 0.6) is 0 Å². The fourth-order valence-corrected chi connectivity index (χ4v) is 8.48. The monoisotopic (exact) mass is 597 g/mol. The van der Waals surface area contributed by atoms with E-state index in [1.165, 1.54) is 6.07 Å². The van der Waals surface area contributed by atoms with Gasteiger partial charge in [-0.2, -0.15) is 0 Å². The predicted molar refractivity (Wildman–Crippen MR) is 154 cm³/mol. The number of nitrogens with zero attached hydrogens (tertiary/aromatic N) is 2. The maximum absolute atomic E-state index is 15.4. The van der Waals surface area contributed by atoms with E-state index in [-0.39, 0.29) is 34.7 Å². The molecule has 2 saturated carbocycles. The summed E-state index contributed by atoms with van der Waals surface area (Å²) in [6, 6.07) is 3.19. The van der Waals surface area contributed by atoms with E-state index in [0.717, 1.165) is 45.2 Å². The Hall–Kier alpha value is -2.57. The largest absolute Gasteiger partial charge is 0.432 e. The second-order valence-electron chi connectivity index (χ2n) is 13.7. The fourth-order valence-electron chi connectivity index (χ4n) is 8.48. The highest BCUT2D eigenvalue weighted by molar-refractivity contribution is 5.94. The van der Waals surface area contributed by atoms with Crippen LogP contribution in [0.15, 0.2) is 23.1 Å². The molecule has 43 heavy (non-hydrogen) atoms. The van der Waals surface area contributed by atoms with Gasteiger partial charge in [0.2, 0.25) is 17.5 Å². The lowest BCUT2D eigenvalue weighted by Gasteiger charge is -2.59. The summed E-state index contributed by atoms with van der Waals surface area (Å²) in [5.41, 5.74) is -0.317. The van der Waals surface area contributed by atoms with Crippen molar-refractivity contribution in [3.05, 3.63) is 39.9 Å². The van der Waals surface area contributed by atoms with Gasteiger partial charge in [-0.25, -0.2) is 19.0 Å². The van der Waals surface area contributed by atoms with Crippen molar-refractivity contribution < 1.29 is 33.2 Å². The van der Waals surface area contributed by atoms with Crippen molar-refractivity contribution in [2.45, 2.75) is 89.3 Å². The molecule has 1 aromatic carbocycles. The third-order valence-electron chi connectivity index (χ3n) is 11.0. The highest BCUT2D eigenvalue weighted by Gasteiger charge is 2.69. The lowest BCUT2D eigenvalue weighted by molar-refractivity contribution is -0.576. The zero-order valence-electron chi connectivity index (χ0n) is 25.0. The Morgan fingerprint density at radius 1 is 1.07 bits per heavy atom. The van der Waals surface area contributed by atoms with Crippen LogP contribution in [0.4, 0.5) is 10.1 Å². The molecule has 10 nitrogen and oxygen atoms in total. The number of aromatic nitrogens is 1.